The van der Waals surface area contributed by atoms with E-state index in [1.807, 2.05) is 0 Å². The molecule has 0 unspecified atom stereocenters. The van der Waals surface area contributed by atoms with Crippen molar-refractivity contribution in [1.82, 2.24) is 10.2 Å². The zero-order valence-electron chi connectivity index (χ0n) is 13.0. The lowest BCUT2D eigenvalue weighted by Crippen LogP contribution is -2.51. The van der Waals surface area contributed by atoms with Crippen LogP contribution in [0.1, 0.15) is 43.7 Å². The van der Waals surface area contributed by atoms with E-state index in [9.17, 15) is 4.79 Å². The number of nitrogens with one attached hydrogen (secondary N) is 1. The quantitative estimate of drug-likeness (QED) is 0.926. The molecule has 2 aliphatic rings. The lowest BCUT2D eigenvalue weighted by Gasteiger charge is -2.35. The Hall–Kier alpha value is -1.35. The molecule has 3 nitrogen and oxygen atoms in total. The van der Waals surface area contributed by atoms with E-state index < -0.39 is 0 Å². The number of benzene rings is 1. The second-order valence-corrected chi connectivity index (χ2v) is 6.46. The zero-order chi connectivity index (χ0) is 14.7. The number of fused-ring (bicyclic) bond motifs is 1. The van der Waals surface area contributed by atoms with Crippen molar-refractivity contribution < 1.29 is 4.79 Å². The summed E-state index contributed by atoms with van der Waals surface area (Å²) in [5.74, 6) is 1.14. The summed E-state index contributed by atoms with van der Waals surface area (Å²) in [5, 5.41) is 3.42. The van der Waals surface area contributed by atoms with Crippen molar-refractivity contribution in [2.24, 2.45) is 5.92 Å². The Bertz CT molecular complexity index is 492. The largest absolute Gasteiger partial charge is 0.341 e. The summed E-state index contributed by atoms with van der Waals surface area (Å²) in [5.41, 5.74) is 2.67. The third kappa shape index (κ3) is 3.29. The van der Waals surface area contributed by atoms with Crippen molar-refractivity contribution in [3.63, 3.8) is 0 Å². The van der Waals surface area contributed by atoms with Crippen LogP contribution in [0, 0.1) is 5.92 Å². The number of hydrogen-bond donors (Lipinski definition) is 1. The Morgan fingerprint density at radius 3 is 2.67 bits per heavy atom. The minimum absolute atomic E-state index is 0.0253. The van der Waals surface area contributed by atoms with Crippen LogP contribution in [0.4, 0.5) is 0 Å². The van der Waals surface area contributed by atoms with Crippen LogP contribution < -0.4 is 5.32 Å². The molecule has 1 N–H and O–H groups in total. The molecule has 0 aliphatic carbocycles. The maximum Gasteiger partial charge on any atom is 0.240 e. The Balaban J connectivity index is 1.57. The molecule has 0 radical (unpaired) electrons. The van der Waals surface area contributed by atoms with Gasteiger partial charge < -0.3 is 10.2 Å². The molecule has 3 rings (SSSR count). The Kier molecular flexibility index (Phi) is 4.59. The van der Waals surface area contributed by atoms with Crippen molar-refractivity contribution in [3.8, 4) is 0 Å². The molecule has 0 bridgehead atoms. The second-order valence-electron chi connectivity index (χ2n) is 6.46. The third-order valence-corrected chi connectivity index (χ3v) is 5.00. The topological polar surface area (TPSA) is 32.3 Å². The summed E-state index contributed by atoms with van der Waals surface area (Å²) in [6.07, 6.45) is 5.78. The van der Waals surface area contributed by atoms with Gasteiger partial charge in [0, 0.05) is 19.6 Å². The molecule has 1 aromatic carbocycles. The maximum absolute atomic E-state index is 12.7. The number of nitrogens with zero attached hydrogens (tertiary/aromatic N) is 1. The van der Waals surface area contributed by atoms with Gasteiger partial charge in [-0.3, -0.25) is 4.79 Å². The van der Waals surface area contributed by atoms with Gasteiger partial charge in [-0.15, -0.1) is 0 Å². The normalized spacial score (nSPS) is 22.9. The number of carbonyl (C=O) groups is 1. The van der Waals surface area contributed by atoms with E-state index >= 15 is 0 Å². The molecule has 114 valence electrons. The molecule has 1 atom stereocenters. The van der Waals surface area contributed by atoms with Crippen LogP contribution in [0.15, 0.2) is 24.3 Å². The predicted molar refractivity (Wildman–Crippen MR) is 85.0 cm³/mol. The highest BCUT2D eigenvalue weighted by Crippen LogP contribution is 2.23. The Morgan fingerprint density at radius 2 is 1.95 bits per heavy atom. The van der Waals surface area contributed by atoms with E-state index in [-0.39, 0.29) is 6.04 Å². The molecular weight excluding hydrogens is 260 g/mol. The average molecular weight is 286 g/mol. The summed E-state index contributed by atoms with van der Waals surface area (Å²) in [6.45, 7) is 4.96. The number of likely N-dealkylation sites (tertiary alicyclic amines) is 1. The fourth-order valence-corrected chi connectivity index (χ4v) is 3.70. The molecular formula is C18H26N2O. The van der Waals surface area contributed by atoms with Crippen LogP contribution in [-0.4, -0.2) is 29.9 Å². The summed E-state index contributed by atoms with van der Waals surface area (Å²) in [7, 11) is 0. The van der Waals surface area contributed by atoms with Crippen LogP contribution >= 0.6 is 0 Å². The van der Waals surface area contributed by atoms with Gasteiger partial charge in [0.2, 0.25) is 5.91 Å². The van der Waals surface area contributed by atoms with Crippen LogP contribution in [0.2, 0.25) is 0 Å². The monoisotopic (exact) mass is 286 g/mol. The van der Waals surface area contributed by atoms with Crippen molar-refractivity contribution in [3.05, 3.63) is 35.4 Å². The number of amides is 1. The molecule has 0 spiro atoms. The SMILES string of the molecule is CCCC1CCN(C(=O)[C@@H]2Cc3ccccc3CN2)CC1. The standard InChI is InChI=1S/C18H26N2O/c1-2-5-14-8-10-20(11-9-14)18(21)17-12-15-6-3-4-7-16(15)13-19-17/h3-4,6-7,14,17,19H,2,5,8-13H2,1H3/t17-/m0/s1. The predicted octanol–water partition coefficient (Wildman–Crippen LogP) is 2.74. The van der Waals surface area contributed by atoms with Crippen molar-refractivity contribution >= 4 is 5.91 Å². The smallest absolute Gasteiger partial charge is 0.240 e. The minimum atomic E-state index is -0.0253. The number of carbonyl (C=O) groups excluding carboxylic acids is 1. The fraction of sp³-hybridized carbons (Fsp3) is 0.611. The van der Waals surface area contributed by atoms with Gasteiger partial charge in [-0.05, 0) is 36.3 Å². The lowest BCUT2D eigenvalue weighted by molar-refractivity contribution is -0.135. The average Bonchev–Trinajstić information content (AvgIpc) is 2.55. The molecule has 1 amide bonds. The van der Waals surface area contributed by atoms with Gasteiger partial charge in [0.25, 0.3) is 0 Å². The summed E-state index contributed by atoms with van der Waals surface area (Å²) < 4.78 is 0. The second kappa shape index (κ2) is 6.61. The van der Waals surface area contributed by atoms with Crippen LogP contribution in [0.25, 0.3) is 0 Å². The Morgan fingerprint density at radius 1 is 1.24 bits per heavy atom. The van der Waals surface area contributed by atoms with E-state index in [0.29, 0.717) is 5.91 Å². The molecule has 1 saturated heterocycles. The molecule has 3 heteroatoms. The van der Waals surface area contributed by atoms with E-state index in [1.165, 1.54) is 36.8 Å². The van der Waals surface area contributed by atoms with Gasteiger partial charge in [-0.25, -0.2) is 0 Å². The summed E-state index contributed by atoms with van der Waals surface area (Å²) >= 11 is 0. The zero-order valence-corrected chi connectivity index (χ0v) is 13.0. The molecule has 2 aliphatic heterocycles. The van der Waals surface area contributed by atoms with Gasteiger partial charge in [-0.2, -0.15) is 0 Å². The lowest BCUT2D eigenvalue weighted by atomic mass is 9.91. The van der Waals surface area contributed by atoms with Crippen LogP contribution in [0.3, 0.4) is 0 Å². The van der Waals surface area contributed by atoms with Crippen LogP contribution in [0.5, 0.6) is 0 Å². The molecule has 21 heavy (non-hydrogen) atoms. The third-order valence-electron chi connectivity index (χ3n) is 5.00. The number of rotatable bonds is 3. The van der Waals surface area contributed by atoms with Crippen molar-refractivity contribution in [1.29, 1.82) is 0 Å². The van der Waals surface area contributed by atoms with E-state index in [1.54, 1.807) is 0 Å². The molecule has 0 saturated carbocycles. The highest BCUT2D eigenvalue weighted by molar-refractivity contribution is 5.82. The first-order valence-corrected chi connectivity index (χ1v) is 8.37. The first kappa shape index (κ1) is 14.6. The van der Waals surface area contributed by atoms with Crippen molar-refractivity contribution in [2.75, 3.05) is 13.1 Å². The summed E-state index contributed by atoms with van der Waals surface area (Å²) in [6, 6.07) is 8.43. The molecule has 2 heterocycles. The van der Waals surface area contributed by atoms with Gasteiger partial charge in [-0.1, -0.05) is 44.0 Å². The number of hydrogen-bond acceptors (Lipinski definition) is 2. The van der Waals surface area contributed by atoms with Gasteiger partial charge in [0.05, 0.1) is 6.04 Å². The van der Waals surface area contributed by atoms with Crippen LogP contribution in [-0.2, 0) is 17.8 Å². The van der Waals surface area contributed by atoms with Gasteiger partial charge in [0.15, 0.2) is 0 Å². The van der Waals surface area contributed by atoms with Gasteiger partial charge in [0.1, 0.15) is 0 Å². The fourth-order valence-electron chi connectivity index (χ4n) is 3.70. The van der Waals surface area contributed by atoms with Crippen molar-refractivity contribution in [2.45, 2.75) is 51.6 Å². The Labute approximate surface area is 127 Å². The first-order chi connectivity index (χ1) is 10.3. The highest BCUT2D eigenvalue weighted by atomic mass is 16.2. The molecule has 0 aromatic heterocycles. The van der Waals surface area contributed by atoms with E-state index in [4.69, 9.17) is 0 Å². The maximum atomic E-state index is 12.7. The van der Waals surface area contributed by atoms with E-state index in [0.717, 1.165) is 32.0 Å². The summed E-state index contributed by atoms with van der Waals surface area (Å²) in [4.78, 5) is 14.8. The number of piperidine rings is 1. The van der Waals surface area contributed by atoms with E-state index in [2.05, 4.69) is 41.4 Å². The minimum Gasteiger partial charge on any atom is -0.341 e. The highest BCUT2D eigenvalue weighted by Gasteiger charge is 2.30. The molecule has 1 aromatic rings. The first-order valence-electron chi connectivity index (χ1n) is 8.37. The van der Waals surface area contributed by atoms with Gasteiger partial charge >= 0.3 is 0 Å². The molecule has 1 fully saturated rings.